The van der Waals surface area contributed by atoms with Gasteiger partial charge in [-0.3, -0.25) is 0 Å². The van der Waals surface area contributed by atoms with Crippen molar-refractivity contribution in [2.24, 2.45) is 0 Å². The first-order chi connectivity index (χ1) is 12.7. The van der Waals surface area contributed by atoms with Crippen LogP contribution in [0.3, 0.4) is 0 Å². The van der Waals surface area contributed by atoms with Gasteiger partial charge in [0, 0.05) is 18.0 Å². The van der Waals surface area contributed by atoms with Gasteiger partial charge < -0.3 is 20.1 Å². The lowest BCUT2D eigenvalue weighted by Gasteiger charge is -2.15. The lowest BCUT2D eigenvalue weighted by atomic mass is 10.1. The van der Waals surface area contributed by atoms with Crippen LogP contribution in [0.5, 0.6) is 11.5 Å². The molecule has 1 heterocycles. The molecular weight excluding hydrogens is 328 g/mol. The van der Waals surface area contributed by atoms with Crippen molar-refractivity contribution in [2.75, 3.05) is 24.9 Å². The molecule has 0 bridgehead atoms. The largest absolute Gasteiger partial charge is 0.493 e. The van der Waals surface area contributed by atoms with Crippen LogP contribution in [0.1, 0.15) is 18.5 Å². The third-order valence-electron chi connectivity index (χ3n) is 3.96. The van der Waals surface area contributed by atoms with Gasteiger partial charge in [-0.05, 0) is 30.7 Å². The highest BCUT2D eigenvalue weighted by Crippen LogP contribution is 2.31. The van der Waals surface area contributed by atoms with Crippen LogP contribution in [0.4, 0.5) is 17.5 Å². The van der Waals surface area contributed by atoms with Gasteiger partial charge in [0.15, 0.2) is 11.5 Å². The summed E-state index contributed by atoms with van der Waals surface area (Å²) in [6.45, 7) is 2.08. The molecule has 0 aliphatic heterocycles. The maximum atomic E-state index is 5.33. The Kier molecular flexibility index (Phi) is 5.53. The van der Waals surface area contributed by atoms with Gasteiger partial charge in [0.1, 0.15) is 5.82 Å². The predicted octanol–water partition coefficient (Wildman–Crippen LogP) is 4.41. The van der Waals surface area contributed by atoms with Gasteiger partial charge >= 0.3 is 0 Å². The number of methoxy groups -OCH3 is 2. The van der Waals surface area contributed by atoms with Crippen molar-refractivity contribution in [3.63, 3.8) is 0 Å². The second-order valence-corrected chi connectivity index (χ2v) is 5.74. The Morgan fingerprint density at radius 3 is 2.42 bits per heavy atom. The Labute approximate surface area is 153 Å². The molecule has 0 amide bonds. The molecule has 0 radical (unpaired) electrons. The number of anilines is 3. The summed E-state index contributed by atoms with van der Waals surface area (Å²) < 4.78 is 10.6. The number of ether oxygens (including phenoxy) is 2. The Bertz CT molecular complexity index is 855. The van der Waals surface area contributed by atoms with Crippen molar-refractivity contribution < 1.29 is 9.47 Å². The Morgan fingerprint density at radius 1 is 0.923 bits per heavy atom. The molecule has 0 aliphatic carbocycles. The number of hydrogen-bond acceptors (Lipinski definition) is 6. The molecule has 134 valence electrons. The monoisotopic (exact) mass is 350 g/mol. The van der Waals surface area contributed by atoms with E-state index in [0.29, 0.717) is 23.3 Å². The summed E-state index contributed by atoms with van der Waals surface area (Å²) in [4.78, 5) is 8.83. The first-order valence-corrected chi connectivity index (χ1v) is 8.33. The maximum Gasteiger partial charge on any atom is 0.225 e. The third kappa shape index (κ3) is 4.22. The standard InChI is InChI=1S/C20H22N4O2/c1-14(15-7-5-4-6-8-15)22-20-21-12-11-19(24-20)23-16-9-10-17(25-2)18(13-16)26-3/h4-14H,1-3H3,(H2,21,22,23,24). The highest BCUT2D eigenvalue weighted by molar-refractivity contribution is 5.61. The number of benzene rings is 2. The molecule has 0 saturated carbocycles. The van der Waals surface area contributed by atoms with Crippen LogP contribution in [0, 0.1) is 0 Å². The summed E-state index contributed by atoms with van der Waals surface area (Å²) in [5.41, 5.74) is 2.03. The third-order valence-corrected chi connectivity index (χ3v) is 3.96. The summed E-state index contributed by atoms with van der Waals surface area (Å²) in [7, 11) is 3.22. The highest BCUT2D eigenvalue weighted by Gasteiger charge is 2.08. The highest BCUT2D eigenvalue weighted by atomic mass is 16.5. The molecule has 0 saturated heterocycles. The fraction of sp³-hybridized carbons (Fsp3) is 0.200. The zero-order valence-corrected chi connectivity index (χ0v) is 15.1. The molecular formula is C20H22N4O2. The first kappa shape index (κ1) is 17.5. The second kappa shape index (κ2) is 8.20. The number of aromatic nitrogens is 2. The van der Waals surface area contributed by atoms with Crippen molar-refractivity contribution in [1.29, 1.82) is 0 Å². The van der Waals surface area contributed by atoms with Crippen LogP contribution in [0.2, 0.25) is 0 Å². The fourth-order valence-electron chi connectivity index (χ4n) is 2.58. The molecule has 2 aromatic carbocycles. The van der Waals surface area contributed by atoms with Gasteiger partial charge in [0.2, 0.25) is 5.95 Å². The van der Waals surface area contributed by atoms with Crippen LogP contribution in [0.25, 0.3) is 0 Å². The smallest absolute Gasteiger partial charge is 0.225 e. The van der Waals surface area contributed by atoms with Gasteiger partial charge in [-0.2, -0.15) is 4.98 Å². The molecule has 1 aromatic heterocycles. The van der Waals surface area contributed by atoms with Crippen molar-refractivity contribution in [3.05, 3.63) is 66.4 Å². The van der Waals surface area contributed by atoms with E-state index in [4.69, 9.17) is 9.47 Å². The van der Waals surface area contributed by atoms with E-state index in [9.17, 15) is 0 Å². The topological polar surface area (TPSA) is 68.3 Å². The first-order valence-electron chi connectivity index (χ1n) is 8.33. The van der Waals surface area contributed by atoms with Gasteiger partial charge in [-0.15, -0.1) is 0 Å². The van der Waals surface area contributed by atoms with E-state index in [-0.39, 0.29) is 6.04 Å². The molecule has 6 nitrogen and oxygen atoms in total. The fourth-order valence-corrected chi connectivity index (χ4v) is 2.58. The van der Waals surface area contributed by atoms with Crippen LogP contribution < -0.4 is 20.1 Å². The molecule has 3 aromatic rings. The predicted molar refractivity (Wildman–Crippen MR) is 103 cm³/mol. The average Bonchev–Trinajstić information content (AvgIpc) is 2.69. The summed E-state index contributed by atoms with van der Waals surface area (Å²) in [6.07, 6.45) is 1.72. The second-order valence-electron chi connectivity index (χ2n) is 5.74. The van der Waals surface area contributed by atoms with E-state index in [0.717, 1.165) is 5.69 Å². The van der Waals surface area contributed by atoms with E-state index < -0.39 is 0 Å². The van der Waals surface area contributed by atoms with Crippen LogP contribution in [-0.4, -0.2) is 24.2 Å². The maximum absolute atomic E-state index is 5.33. The molecule has 0 aliphatic rings. The minimum absolute atomic E-state index is 0.104. The van der Waals surface area contributed by atoms with Gasteiger partial charge in [-0.25, -0.2) is 4.98 Å². The van der Waals surface area contributed by atoms with Crippen molar-refractivity contribution in [2.45, 2.75) is 13.0 Å². The Balaban J connectivity index is 1.73. The van der Waals surface area contributed by atoms with E-state index in [1.54, 1.807) is 20.4 Å². The van der Waals surface area contributed by atoms with Gasteiger partial charge in [0.05, 0.1) is 20.3 Å². The summed E-state index contributed by atoms with van der Waals surface area (Å²) >= 11 is 0. The lowest BCUT2D eigenvalue weighted by molar-refractivity contribution is 0.355. The van der Waals surface area contributed by atoms with Crippen molar-refractivity contribution >= 4 is 17.5 Å². The summed E-state index contributed by atoms with van der Waals surface area (Å²) in [5.74, 6) is 2.59. The van der Waals surface area contributed by atoms with Crippen LogP contribution in [0.15, 0.2) is 60.8 Å². The molecule has 26 heavy (non-hydrogen) atoms. The van der Waals surface area contributed by atoms with Crippen LogP contribution >= 0.6 is 0 Å². The Morgan fingerprint density at radius 2 is 1.69 bits per heavy atom. The minimum atomic E-state index is 0.104. The molecule has 6 heteroatoms. The molecule has 1 unspecified atom stereocenters. The lowest BCUT2D eigenvalue weighted by Crippen LogP contribution is -2.09. The van der Waals surface area contributed by atoms with Crippen LogP contribution in [-0.2, 0) is 0 Å². The molecule has 3 rings (SSSR count). The van der Waals surface area contributed by atoms with Gasteiger partial charge in [0.25, 0.3) is 0 Å². The Hall–Kier alpha value is -3.28. The van der Waals surface area contributed by atoms with Gasteiger partial charge in [-0.1, -0.05) is 30.3 Å². The minimum Gasteiger partial charge on any atom is -0.493 e. The zero-order chi connectivity index (χ0) is 18.4. The number of nitrogens with one attached hydrogen (secondary N) is 2. The average molecular weight is 350 g/mol. The summed E-state index contributed by atoms with van der Waals surface area (Å²) in [5, 5.41) is 6.57. The van der Waals surface area contributed by atoms with Crippen molar-refractivity contribution in [3.8, 4) is 11.5 Å². The summed E-state index contributed by atoms with van der Waals surface area (Å²) in [6, 6.07) is 17.7. The van der Waals surface area contributed by atoms with E-state index in [2.05, 4.69) is 39.7 Å². The molecule has 0 fully saturated rings. The van der Waals surface area contributed by atoms with E-state index in [1.165, 1.54) is 5.56 Å². The molecule has 0 spiro atoms. The molecule has 2 N–H and O–H groups in total. The number of hydrogen-bond donors (Lipinski definition) is 2. The van der Waals surface area contributed by atoms with Crippen molar-refractivity contribution in [1.82, 2.24) is 9.97 Å². The van der Waals surface area contributed by atoms with E-state index >= 15 is 0 Å². The number of rotatable bonds is 7. The van der Waals surface area contributed by atoms with E-state index in [1.807, 2.05) is 42.5 Å². The zero-order valence-electron chi connectivity index (χ0n) is 15.1. The number of nitrogens with zero attached hydrogens (tertiary/aromatic N) is 2. The quantitative estimate of drug-likeness (QED) is 0.658. The molecule has 1 atom stereocenters. The normalized spacial score (nSPS) is 11.5. The SMILES string of the molecule is COc1ccc(Nc2ccnc(NC(C)c3ccccc3)n2)cc1OC.